The SMILES string of the molecule is CCC(C)C(C#N)(CCCC(N)CC1Oc2ccccc2O1)c1ccc(OC)c(OC)c1OC. The molecule has 34 heavy (non-hydrogen) atoms. The Morgan fingerprint density at radius 3 is 2.21 bits per heavy atom. The van der Waals surface area contributed by atoms with E-state index in [-0.39, 0.29) is 18.2 Å². The lowest BCUT2D eigenvalue weighted by atomic mass is 9.67. The summed E-state index contributed by atoms with van der Waals surface area (Å²) in [6, 6.07) is 13.9. The molecule has 2 N–H and O–H groups in total. The van der Waals surface area contributed by atoms with Gasteiger partial charge in [-0.25, -0.2) is 0 Å². The molecule has 0 radical (unpaired) electrons. The van der Waals surface area contributed by atoms with Gasteiger partial charge in [-0.05, 0) is 49.4 Å². The van der Waals surface area contributed by atoms with Crippen molar-refractivity contribution < 1.29 is 23.7 Å². The van der Waals surface area contributed by atoms with Crippen molar-refractivity contribution in [2.45, 2.75) is 63.7 Å². The van der Waals surface area contributed by atoms with Crippen molar-refractivity contribution in [1.29, 1.82) is 5.26 Å². The standard InChI is InChI=1S/C27H36N2O5/c1-6-18(2)27(17-28,20-13-14-23(30-3)26(32-5)25(20)31-4)15-9-10-19(29)16-24-33-21-11-7-8-12-22(21)34-24/h7-8,11-14,18-19,24H,6,9-10,15-16,29H2,1-5H3. The van der Waals surface area contributed by atoms with Crippen LogP contribution in [0.15, 0.2) is 36.4 Å². The van der Waals surface area contributed by atoms with E-state index in [1.54, 1.807) is 21.3 Å². The molecule has 3 unspecified atom stereocenters. The molecule has 0 saturated carbocycles. The van der Waals surface area contributed by atoms with Gasteiger partial charge in [0.1, 0.15) is 0 Å². The molecule has 2 aromatic carbocycles. The van der Waals surface area contributed by atoms with E-state index in [0.717, 1.165) is 36.3 Å². The van der Waals surface area contributed by atoms with Crippen LogP contribution < -0.4 is 29.4 Å². The Kier molecular flexibility index (Phi) is 8.51. The minimum atomic E-state index is -0.754. The Balaban J connectivity index is 1.74. The fourth-order valence-electron chi connectivity index (χ4n) is 4.73. The molecule has 0 bridgehead atoms. The van der Waals surface area contributed by atoms with Gasteiger partial charge in [0, 0.05) is 18.0 Å². The van der Waals surface area contributed by atoms with E-state index in [1.807, 2.05) is 36.4 Å². The second-order valence-electron chi connectivity index (χ2n) is 8.77. The molecule has 1 aliphatic rings. The second-order valence-corrected chi connectivity index (χ2v) is 8.77. The maximum atomic E-state index is 10.5. The number of ether oxygens (including phenoxy) is 5. The Labute approximate surface area is 202 Å². The van der Waals surface area contributed by atoms with Gasteiger partial charge in [0.2, 0.25) is 12.0 Å². The number of para-hydroxylation sites is 2. The number of fused-ring (bicyclic) bond motifs is 1. The maximum Gasteiger partial charge on any atom is 0.243 e. The zero-order chi connectivity index (χ0) is 24.7. The quantitative estimate of drug-likeness (QED) is 0.457. The topological polar surface area (TPSA) is 96.0 Å². The van der Waals surface area contributed by atoms with Gasteiger partial charge < -0.3 is 29.4 Å². The van der Waals surface area contributed by atoms with E-state index in [4.69, 9.17) is 29.4 Å². The van der Waals surface area contributed by atoms with Crippen LogP contribution in [0.2, 0.25) is 0 Å². The zero-order valence-corrected chi connectivity index (χ0v) is 20.8. The third kappa shape index (κ3) is 5.02. The van der Waals surface area contributed by atoms with Crippen LogP contribution in [0, 0.1) is 17.2 Å². The predicted molar refractivity (Wildman–Crippen MR) is 131 cm³/mol. The van der Waals surface area contributed by atoms with E-state index < -0.39 is 5.41 Å². The molecule has 7 heteroatoms. The van der Waals surface area contributed by atoms with Crippen molar-refractivity contribution in [3.63, 3.8) is 0 Å². The Bertz CT molecular complexity index is 980. The van der Waals surface area contributed by atoms with Gasteiger partial charge in [-0.3, -0.25) is 0 Å². The van der Waals surface area contributed by atoms with Crippen molar-refractivity contribution in [1.82, 2.24) is 0 Å². The smallest absolute Gasteiger partial charge is 0.243 e. The summed E-state index contributed by atoms with van der Waals surface area (Å²) in [5, 5.41) is 10.5. The summed E-state index contributed by atoms with van der Waals surface area (Å²) < 4.78 is 28.5. The first kappa shape index (κ1) is 25.5. The van der Waals surface area contributed by atoms with Gasteiger partial charge in [0.15, 0.2) is 23.0 Å². The molecule has 1 aliphatic heterocycles. The van der Waals surface area contributed by atoms with E-state index in [0.29, 0.717) is 30.1 Å². The number of hydrogen-bond donors (Lipinski definition) is 1. The Morgan fingerprint density at radius 2 is 1.68 bits per heavy atom. The summed E-state index contributed by atoms with van der Waals surface area (Å²) in [5.41, 5.74) is 6.50. The molecule has 0 amide bonds. The van der Waals surface area contributed by atoms with Gasteiger partial charge in [-0.2, -0.15) is 5.26 Å². The Hall–Kier alpha value is -3.11. The van der Waals surface area contributed by atoms with E-state index in [1.165, 1.54) is 0 Å². The van der Waals surface area contributed by atoms with Gasteiger partial charge in [0.05, 0.1) is 32.8 Å². The first-order valence-electron chi connectivity index (χ1n) is 11.8. The lowest BCUT2D eigenvalue weighted by Crippen LogP contribution is -2.34. The summed E-state index contributed by atoms with van der Waals surface area (Å²) in [6.45, 7) is 4.21. The molecule has 2 aromatic rings. The first-order chi connectivity index (χ1) is 16.4. The molecule has 7 nitrogen and oxygen atoms in total. The fraction of sp³-hybridized carbons (Fsp3) is 0.519. The molecule has 3 atom stereocenters. The largest absolute Gasteiger partial charge is 0.493 e. The van der Waals surface area contributed by atoms with E-state index in [9.17, 15) is 5.26 Å². The summed E-state index contributed by atoms with van der Waals surface area (Å²) in [7, 11) is 4.75. The summed E-state index contributed by atoms with van der Waals surface area (Å²) in [5.74, 6) is 3.20. The monoisotopic (exact) mass is 468 g/mol. The molecule has 3 rings (SSSR count). The molecule has 0 spiro atoms. The van der Waals surface area contributed by atoms with Crippen LogP contribution in [0.3, 0.4) is 0 Å². The highest BCUT2D eigenvalue weighted by molar-refractivity contribution is 5.59. The highest BCUT2D eigenvalue weighted by atomic mass is 16.7. The van der Waals surface area contributed by atoms with Crippen LogP contribution in [-0.4, -0.2) is 33.7 Å². The highest BCUT2D eigenvalue weighted by Crippen LogP contribution is 2.49. The average Bonchev–Trinajstić information content (AvgIpc) is 3.27. The summed E-state index contributed by atoms with van der Waals surface area (Å²) in [4.78, 5) is 0. The van der Waals surface area contributed by atoms with Crippen molar-refractivity contribution in [2.24, 2.45) is 11.7 Å². The second kappa shape index (κ2) is 11.3. The lowest BCUT2D eigenvalue weighted by Gasteiger charge is -2.35. The third-order valence-corrected chi connectivity index (χ3v) is 6.85. The van der Waals surface area contributed by atoms with Crippen LogP contribution in [0.4, 0.5) is 0 Å². The highest BCUT2D eigenvalue weighted by Gasteiger charge is 2.41. The maximum absolute atomic E-state index is 10.5. The minimum absolute atomic E-state index is 0.0942. The van der Waals surface area contributed by atoms with E-state index >= 15 is 0 Å². The lowest BCUT2D eigenvalue weighted by molar-refractivity contribution is 0.0349. The number of nitrogens with zero attached hydrogens (tertiary/aromatic N) is 1. The van der Waals surface area contributed by atoms with Crippen molar-refractivity contribution in [3.05, 3.63) is 42.0 Å². The average molecular weight is 469 g/mol. The molecular weight excluding hydrogens is 432 g/mol. The number of nitrogens with two attached hydrogens (primary N) is 1. The van der Waals surface area contributed by atoms with E-state index in [2.05, 4.69) is 19.9 Å². The number of rotatable bonds is 12. The van der Waals surface area contributed by atoms with Crippen LogP contribution >= 0.6 is 0 Å². The fourth-order valence-corrected chi connectivity index (χ4v) is 4.73. The van der Waals surface area contributed by atoms with Crippen LogP contribution in [-0.2, 0) is 5.41 Å². The first-order valence-corrected chi connectivity index (χ1v) is 11.8. The number of nitriles is 1. The van der Waals surface area contributed by atoms with Crippen LogP contribution in [0.25, 0.3) is 0 Å². The molecule has 0 aromatic heterocycles. The van der Waals surface area contributed by atoms with Crippen molar-refractivity contribution in [3.8, 4) is 34.8 Å². The molecule has 0 aliphatic carbocycles. The van der Waals surface area contributed by atoms with Gasteiger partial charge in [-0.1, -0.05) is 32.4 Å². The summed E-state index contributed by atoms with van der Waals surface area (Å²) in [6.07, 6.45) is 3.21. The van der Waals surface area contributed by atoms with Crippen LogP contribution in [0.5, 0.6) is 28.7 Å². The number of methoxy groups -OCH3 is 3. The van der Waals surface area contributed by atoms with Gasteiger partial charge in [0.25, 0.3) is 0 Å². The van der Waals surface area contributed by atoms with Gasteiger partial charge in [-0.15, -0.1) is 0 Å². The molecule has 1 heterocycles. The number of benzene rings is 2. The zero-order valence-electron chi connectivity index (χ0n) is 20.8. The van der Waals surface area contributed by atoms with Crippen LogP contribution in [0.1, 0.15) is 51.5 Å². The summed E-state index contributed by atoms with van der Waals surface area (Å²) >= 11 is 0. The molecule has 184 valence electrons. The Morgan fingerprint density at radius 1 is 1.03 bits per heavy atom. The number of hydrogen-bond acceptors (Lipinski definition) is 7. The minimum Gasteiger partial charge on any atom is -0.493 e. The third-order valence-electron chi connectivity index (χ3n) is 6.85. The normalized spacial score (nSPS) is 16.3. The van der Waals surface area contributed by atoms with Crippen molar-refractivity contribution in [2.75, 3.05) is 21.3 Å². The predicted octanol–water partition coefficient (Wildman–Crippen LogP) is 5.21. The van der Waals surface area contributed by atoms with Gasteiger partial charge >= 0.3 is 0 Å². The molecular formula is C27H36N2O5. The molecule has 0 fully saturated rings. The van der Waals surface area contributed by atoms with Crippen molar-refractivity contribution >= 4 is 0 Å². The molecule has 0 saturated heterocycles.